The Bertz CT molecular complexity index is 663. The summed E-state index contributed by atoms with van der Waals surface area (Å²) in [5, 5.41) is 11.8. The minimum atomic E-state index is -4.48. The van der Waals surface area contributed by atoms with Gasteiger partial charge >= 0.3 is 6.18 Å². The number of hydrogen-bond donors (Lipinski definition) is 1. The predicted molar refractivity (Wildman–Crippen MR) is 90.8 cm³/mol. The Hall–Kier alpha value is -2.27. The van der Waals surface area contributed by atoms with Crippen LogP contribution in [0.15, 0.2) is 18.2 Å². The summed E-state index contributed by atoms with van der Waals surface area (Å²) in [6.45, 7) is 2.08. The molecular weight excluding hydrogens is 347 g/mol. The highest BCUT2D eigenvalue weighted by Gasteiger charge is 2.29. The Morgan fingerprint density at radius 2 is 1.96 bits per heavy atom. The molecule has 0 aromatic heterocycles. The molecular formula is C18H22F3N3O2. The summed E-state index contributed by atoms with van der Waals surface area (Å²) in [5.41, 5.74) is 0.294. The minimum absolute atomic E-state index is 0.0607. The first-order chi connectivity index (χ1) is 12.3. The lowest BCUT2D eigenvalue weighted by Gasteiger charge is -2.26. The van der Waals surface area contributed by atoms with Crippen LogP contribution >= 0.6 is 0 Å². The smallest absolute Gasteiger partial charge is 0.422 e. The number of benzene rings is 1. The Morgan fingerprint density at radius 1 is 1.31 bits per heavy atom. The van der Waals surface area contributed by atoms with Crippen LogP contribution in [0.5, 0.6) is 5.75 Å². The average Bonchev–Trinajstić information content (AvgIpc) is 2.88. The molecule has 1 unspecified atom stereocenters. The molecule has 0 saturated carbocycles. The summed E-state index contributed by atoms with van der Waals surface area (Å²) in [5.74, 6) is -0.372. The molecule has 26 heavy (non-hydrogen) atoms. The second-order valence-corrected chi connectivity index (χ2v) is 6.34. The van der Waals surface area contributed by atoms with Gasteiger partial charge in [-0.1, -0.05) is 12.8 Å². The van der Waals surface area contributed by atoms with Crippen molar-refractivity contribution in [2.24, 2.45) is 0 Å². The minimum Gasteiger partial charge on any atom is -0.483 e. The molecule has 1 atom stereocenters. The van der Waals surface area contributed by atoms with Crippen LogP contribution in [0.2, 0.25) is 0 Å². The quantitative estimate of drug-likeness (QED) is 0.859. The maximum atomic E-state index is 12.4. The summed E-state index contributed by atoms with van der Waals surface area (Å²) in [7, 11) is 0. The highest BCUT2D eigenvalue weighted by atomic mass is 19.4. The third kappa shape index (κ3) is 5.92. The van der Waals surface area contributed by atoms with Crippen molar-refractivity contribution in [2.75, 3.05) is 25.0 Å². The van der Waals surface area contributed by atoms with Gasteiger partial charge in [0.15, 0.2) is 6.61 Å². The van der Waals surface area contributed by atoms with E-state index in [1.165, 1.54) is 18.2 Å². The first-order valence-corrected chi connectivity index (χ1v) is 8.59. The van der Waals surface area contributed by atoms with Crippen molar-refractivity contribution in [2.45, 2.75) is 44.8 Å². The maximum Gasteiger partial charge on any atom is 0.422 e. The van der Waals surface area contributed by atoms with Crippen LogP contribution in [-0.2, 0) is 4.79 Å². The fraction of sp³-hybridized carbons (Fsp3) is 0.556. The van der Waals surface area contributed by atoms with E-state index in [-0.39, 0.29) is 23.3 Å². The van der Waals surface area contributed by atoms with Crippen molar-refractivity contribution in [3.8, 4) is 11.8 Å². The molecule has 1 saturated heterocycles. The number of nitrogens with zero attached hydrogens (tertiary/aromatic N) is 2. The molecule has 142 valence electrons. The van der Waals surface area contributed by atoms with Gasteiger partial charge in [-0.15, -0.1) is 0 Å². The van der Waals surface area contributed by atoms with E-state index in [1.54, 1.807) is 6.07 Å². The first-order valence-electron chi connectivity index (χ1n) is 8.59. The van der Waals surface area contributed by atoms with E-state index < -0.39 is 12.8 Å². The second kappa shape index (κ2) is 8.90. The number of likely N-dealkylation sites (tertiary alicyclic amines) is 1. The predicted octanol–water partition coefficient (Wildman–Crippen LogP) is 3.70. The molecule has 0 spiro atoms. The zero-order valence-electron chi connectivity index (χ0n) is 14.6. The van der Waals surface area contributed by atoms with Gasteiger partial charge in [0, 0.05) is 5.69 Å². The van der Waals surface area contributed by atoms with Gasteiger partial charge in [0.25, 0.3) is 0 Å². The lowest BCUT2D eigenvalue weighted by molar-refractivity contribution is -0.153. The van der Waals surface area contributed by atoms with E-state index in [9.17, 15) is 18.0 Å². The number of hydrogen-bond acceptors (Lipinski definition) is 4. The van der Waals surface area contributed by atoms with Gasteiger partial charge in [-0.2, -0.15) is 18.4 Å². The maximum absolute atomic E-state index is 12.4. The zero-order valence-corrected chi connectivity index (χ0v) is 14.6. The van der Waals surface area contributed by atoms with Crippen LogP contribution in [-0.4, -0.2) is 42.7 Å². The topological polar surface area (TPSA) is 65.4 Å². The SMILES string of the molecule is CC(C(=O)Nc1ccc(OCC(F)(F)F)c(C#N)c1)N1CCCCCC1. The van der Waals surface area contributed by atoms with Crippen LogP contribution in [0.3, 0.4) is 0 Å². The van der Waals surface area contributed by atoms with Crippen molar-refractivity contribution in [1.82, 2.24) is 4.90 Å². The lowest BCUT2D eigenvalue weighted by Crippen LogP contribution is -2.42. The monoisotopic (exact) mass is 369 g/mol. The molecule has 1 amide bonds. The number of amides is 1. The highest BCUT2D eigenvalue weighted by Crippen LogP contribution is 2.25. The van der Waals surface area contributed by atoms with Crippen LogP contribution in [0.4, 0.5) is 18.9 Å². The Balaban J connectivity index is 2.02. The lowest BCUT2D eigenvalue weighted by atomic mass is 10.1. The highest BCUT2D eigenvalue weighted by molar-refractivity contribution is 5.94. The molecule has 1 N–H and O–H groups in total. The number of nitriles is 1. The van der Waals surface area contributed by atoms with Crippen LogP contribution in [0, 0.1) is 11.3 Å². The Kier molecular flexibility index (Phi) is 6.86. The van der Waals surface area contributed by atoms with Gasteiger partial charge in [0.1, 0.15) is 11.8 Å². The number of carbonyl (C=O) groups is 1. The Labute approximate surface area is 150 Å². The van der Waals surface area contributed by atoms with E-state index in [0.29, 0.717) is 5.69 Å². The summed E-state index contributed by atoms with van der Waals surface area (Å²) >= 11 is 0. The Morgan fingerprint density at radius 3 is 2.54 bits per heavy atom. The van der Waals surface area contributed by atoms with Crippen molar-refractivity contribution in [3.63, 3.8) is 0 Å². The van der Waals surface area contributed by atoms with Crippen molar-refractivity contribution in [3.05, 3.63) is 23.8 Å². The van der Waals surface area contributed by atoms with Crippen LogP contribution in [0.25, 0.3) is 0 Å². The van der Waals surface area contributed by atoms with E-state index in [1.807, 2.05) is 6.92 Å². The average molecular weight is 369 g/mol. The fourth-order valence-corrected chi connectivity index (χ4v) is 2.88. The molecule has 0 aliphatic carbocycles. The zero-order chi connectivity index (χ0) is 19.2. The number of ether oxygens (including phenoxy) is 1. The molecule has 1 aliphatic heterocycles. The molecule has 1 aliphatic rings. The van der Waals surface area contributed by atoms with Gasteiger partial charge in [-0.25, -0.2) is 0 Å². The number of anilines is 1. The molecule has 1 aromatic carbocycles. The van der Waals surface area contributed by atoms with Gasteiger partial charge in [-0.05, 0) is 51.1 Å². The number of carbonyl (C=O) groups excluding carboxylic acids is 1. The molecule has 5 nitrogen and oxygen atoms in total. The summed E-state index contributed by atoms with van der Waals surface area (Å²) in [4.78, 5) is 14.6. The van der Waals surface area contributed by atoms with Gasteiger partial charge in [-0.3, -0.25) is 9.69 Å². The van der Waals surface area contributed by atoms with Gasteiger partial charge in [0.05, 0.1) is 11.6 Å². The van der Waals surface area contributed by atoms with E-state index in [4.69, 9.17) is 5.26 Å². The molecule has 0 radical (unpaired) electrons. The second-order valence-electron chi connectivity index (χ2n) is 6.34. The third-order valence-corrected chi connectivity index (χ3v) is 4.33. The summed E-state index contributed by atoms with van der Waals surface area (Å²) in [6.07, 6.45) is -0.0450. The summed E-state index contributed by atoms with van der Waals surface area (Å²) < 4.78 is 41.4. The van der Waals surface area contributed by atoms with Crippen molar-refractivity contribution in [1.29, 1.82) is 5.26 Å². The van der Waals surface area contributed by atoms with Gasteiger partial charge < -0.3 is 10.1 Å². The number of halogens is 3. The number of nitrogens with one attached hydrogen (secondary N) is 1. The van der Waals surface area contributed by atoms with Crippen molar-refractivity contribution < 1.29 is 22.7 Å². The molecule has 0 bridgehead atoms. The standard InChI is InChI=1S/C18H22F3N3O2/c1-13(24-8-4-2-3-5-9-24)17(25)23-15-6-7-16(14(10-15)11-22)26-12-18(19,20)21/h6-7,10,13H,2-5,8-9,12H2,1H3,(H,23,25). The number of rotatable bonds is 5. The molecule has 1 heterocycles. The van der Waals surface area contributed by atoms with Gasteiger partial charge in [0.2, 0.25) is 5.91 Å². The normalized spacial score (nSPS) is 17.0. The molecule has 8 heteroatoms. The van der Waals surface area contributed by atoms with E-state index >= 15 is 0 Å². The van der Waals surface area contributed by atoms with E-state index in [0.717, 1.165) is 38.8 Å². The first kappa shape index (κ1) is 20.0. The largest absolute Gasteiger partial charge is 0.483 e. The van der Waals surface area contributed by atoms with E-state index in [2.05, 4.69) is 15.0 Å². The summed E-state index contributed by atoms with van der Waals surface area (Å²) in [6, 6.07) is 5.48. The molecule has 1 fully saturated rings. The van der Waals surface area contributed by atoms with Crippen LogP contribution in [0.1, 0.15) is 38.2 Å². The third-order valence-electron chi connectivity index (χ3n) is 4.33. The number of alkyl halides is 3. The van der Waals surface area contributed by atoms with Crippen LogP contribution < -0.4 is 10.1 Å². The van der Waals surface area contributed by atoms with Crippen molar-refractivity contribution >= 4 is 11.6 Å². The molecule has 1 aromatic rings. The molecule has 2 rings (SSSR count). The fourth-order valence-electron chi connectivity index (χ4n) is 2.88.